The van der Waals surface area contributed by atoms with E-state index in [4.69, 9.17) is 0 Å². The van der Waals surface area contributed by atoms with Crippen molar-refractivity contribution in [1.29, 1.82) is 0 Å². The maximum atomic E-state index is 12.2. The molecule has 3 aromatic heterocycles. The zero-order valence-electron chi connectivity index (χ0n) is 12.3. The van der Waals surface area contributed by atoms with Crippen LogP contribution in [0.4, 0.5) is 0 Å². The number of amides is 1. The number of aromatic nitrogens is 3. The Kier molecular flexibility index (Phi) is 4.35. The molecule has 0 bridgehead atoms. The quantitative estimate of drug-likeness (QED) is 0.753. The van der Waals surface area contributed by atoms with E-state index in [1.54, 1.807) is 16.7 Å². The molecule has 0 saturated heterocycles. The van der Waals surface area contributed by atoms with Gasteiger partial charge in [-0.2, -0.15) is 5.10 Å². The van der Waals surface area contributed by atoms with Crippen molar-refractivity contribution >= 4 is 28.6 Å². The summed E-state index contributed by atoms with van der Waals surface area (Å²) in [5.74, 6) is -0.140. The molecule has 0 spiro atoms. The lowest BCUT2D eigenvalue weighted by Gasteiger charge is -2.11. The fourth-order valence-electron chi connectivity index (χ4n) is 2.13. The topological polar surface area (TPSA) is 70.7 Å². The molecular formula is C15H16N4OS2. The summed E-state index contributed by atoms with van der Waals surface area (Å²) in [6, 6.07) is 5.98. The van der Waals surface area contributed by atoms with E-state index < -0.39 is 0 Å². The van der Waals surface area contributed by atoms with Crippen LogP contribution in [0.2, 0.25) is 0 Å². The van der Waals surface area contributed by atoms with Crippen LogP contribution < -0.4 is 5.32 Å². The number of nitrogens with zero attached hydrogens (tertiary/aromatic N) is 2. The lowest BCUT2D eigenvalue weighted by atomic mass is 10.1. The Bertz CT molecular complexity index is 760. The molecule has 0 radical (unpaired) electrons. The largest absolute Gasteiger partial charge is 0.348 e. The normalized spacial score (nSPS) is 12.3. The van der Waals surface area contributed by atoms with E-state index in [1.807, 2.05) is 37.4 Å². The van der Waals surface area contributed by atoms with Crippen molar-refractivity contribution in [3.05, 3.63) is 46.0 Å². The highest BCUT2D eigenvalue weighted by Crippen LogP contribution is 2.27. The van der Waals surface area contributed by atoms with Gasteiger partial charge in [-0.3, -0.25) is 9.89 Å². The Balaban J connectivity index is 1.62. The number of nitrogens with one attached hydrogen (secondary N) is 2. The molecule has 0 aliphatic heterocycles. The summed E-state index contributed by atoms with van der Waals surface area (Å²) in [4.78, 5) is 17.7. The first kappa shape index (κ1) is 14.9. The minimum Gasteiger partial charge on any atom is -0.348 e. The van der Waals surface area contributed by atoms with Gasteiger partial charge in [0.15, 0.2) is 0 Å². The summed E-state index contributed by atoms with van der Waals surface area (Å²) < 4.78 is 0. The third-order valence-corrected chi connectivity index (χ3v) is 5.00. The molecule has 3 rings (SSSR count). The molecular weight excluding hydrogens is 316 g/mol. The number of hydrogen-bond acceptors (Lipinski definition) is 5. The van der Waals surface area contributed by atoms with Crippen LogP contribution >= 0.6 is 22.7 Å². The van der Waals surface area contributed by atoms with Crippen LogP contribution in [0, 0.1) is 6.92 Å². The van der Waals surface area contributed by atoms with Gasteiger partial charge in [-0.15, -0.1) is 22.7 Å². The van der Waals surface area contributed by atoms with Crippen LogP contribution in [0.1, 0.15) is 28.8 Å². The van der Waals surface area contributed by atoms with Gasteiger partial charge >= 0.3 is 0 Å². The van der Waals surface area contributed by atoms with Gasteiger partial charge in [0.25, 0.3) is 5.91 Å². The standard InChI is InChI=1S/C15H16N4OS2/c1-9(6-11-7-10(2)18-19-11)16-14(20)12-8-22-15(17-12)13-4-3-5-21-13/h3-5,7-9H,6H2,1-2H3,(H,16,20)(H,18,19). The van der Waals surface area contributed by atoms with Crippen molar-refractivity contribution in [2.75, 3.05) is 0 Å². The fraction of sp³-hybridized carbons (Fsp3) is 0.267. The molecule has 0 aliphatic rings. The number of carbonyl (C=O) groups is 1. The molecule has 0 saturated carbocycles. The number of H-pyrrole nitrogens is 1. The van der Waals surface area contributed by atoms with Gasteiger partial charge in [0.2, 0.25) is 0 Å². The van der Waals surface area contributed by atoms with Crippen LogP contribution in [0.15, 0.2) is 29.0 Å². The van der Waals surface area contributed by atoms with Crippen LogP contribution in [0.3, 0.4) is 0 Å². The van der Waals surface area contributed by atoms with Gasteiger partial charge < -0.3 is 5.32 Å². The molecule has 114 valence electrons. The SMILES string of the molecule is Cc1cc(CC(C)NC(=O)c2csc(-c3cccs3)n2)n[nH]1. The second kappa shape index (κ2) is 6.41. The molecule has 0 aliphatic carbocycles. The van der Waals surface area contributed by atoms with E-state index in [9.17, 15) is 4.79 Å². The summed E-state index contributed by atoms with van der Waals surface area (Å²) in [7, 11) is 0. The molecule has 2 N–H and O–H groups in total. The van der Waals surface area contributed by atoms with Crippen molar-refractivity contribution < 1.29 is 4.79 Å². The monoisotopic (exact) mass is 332 g/mol. The minimum atomic E-state index is -0.140. The minimum absolute atomic E-state index is 0.00193. The van der Waals surface area contributed by atoms with E-state index in [0.29, 0.717) is 12.1 Å². The number of carbonyl (C=O) groups excluding carboxylic acids is 1. The third-order valence-electron chi connectivity index (χ3n) is 3.12. The maximum absolute atomic E-state index is 12.2. The van der Waals surface area contributed by atoms with Crippen molar-refractivity contribution in [2.24, 2.45) is 0 Å². The average Bonchev–Trinajstić information content (AvgIpc) is 3.18. The van der Waals surface area contributed by atoms with Crippen LogP contribution in [-0.2, 0) is 6.42 Å². The van der Waals surface area contributed by atoms with Crippen LogP contribution in [-0.4, -0.2) is 27.1 Å². The zero-order valence-corrected chi connectivity index (χ0v) is 13.9. The van der Waals surface area contributed by atoms with E-state index in [2.05, 4.69) is 20.5 Å². The van der Waals surface area contributed by atoms with Gasteiger partial charge in [0.05, 0.1) is 10.6 Å². The van der Waals surface area contributed by atoms with E-state index in [-0.39, 0.29) is 11.9 Å². The van der Waals surface area contributed by atoms with Crippen LogP contribution in [0.25, 0.3) is 9.88 Å². The van der Waals surface area contributed by atoms with E-state index >= 15 is 0 Å². The average molecular weight is 332 g/mol. The molecule has 1 atom stereocenters. The van der Waals surface area contributed by atoms with Gasteiger partial charge in [0.1, 0.15) is 10.7 Å². The molecule has 5 nitrogen and oxygen atoms in total. The van der Waals surface area contributed by atoms with Crippen molar-refractivity contribution in [1.82, 2.24) is 20.5 Å². The number of thiophene rings is 1. The number of thiazole rings is 1. The van der Waals surface area contributed by atoms with Crippen molar-refractivity contribution in [3.63, 3.8) is 0 Å². The summed E-state index contributed by atoms with van der Waals surface area (Å²) in [6.07, 6.45) is 0.692. The molecule has 22 heavy (non-hydrogen) atoms. The smallest absolute Gasteiger partial charge is 0.270 e. The predicted molar refractivity (Wildman–Crippen MR) is 89.4 cm³/mol. The number of hydrogen-bond donors (Lipinski definition) is 2. The fourth-order valence-corrected chi connectivity index (χ4v) is 3.75. The molecule has 7 heteroatoms. The third kappa shape index (κ3) is 3.42. The highest BCUT2D eigenvalue weighted by Gasteiger charge is 2.15. The van der Waals surface area contributed by atoms with Gasteiger partial charge in [0, 0.05) is 23.5 Å². The Labute approximate surface area is 136 Å². The predicted octanol–water partition coefficient (Wildman–Crippen LogP) is 3.26. The maximum Gasteiger partial charge on any atom is 0.270 e. The highest BCUT2D eigenvalue weighted by molar-refractivity contribution is 7.20. The van der Waals surface area contributed by atoms with Crippen molar-refractivity contribution in [3.8, 4) is 9.88 Å². The molecule has 1 amide bonds. The molecule has 0 fully saturated rings. The Hall–Kier alpha value is -1.99. The highest BCUT2D eigenvalue weighted by atomic mass is 32.1. The first-order chi connectivity index (χ1) is 10.6. The summed E-state index contributed by atoms with van der Waals surface area (Å²) >= 11 is 3.11. The molecule has 3 heterocycles. The van der Waals surface area contributed by atoms with Gasteiger partial charge in [-0.1, -0.05) is 6.07 Å². The Morgan fingerprint density at radius 3 is 3.00 bits per heavy atom. The summed E-state index contributed by atoms with van der Waals surface area (Å²) in [5.41, 5.74) is 2.44. The Morgan fingerprint density at radius 2 is 2.32 bits per heavy atom. The van der Waals surface area contributed by atoms with Gasteiger partial charge in [-0.25, -0.2) is 4.98 Å². The van der Waals surface area contributed by atoms with Crippen LogP contribution in [0.5, 0.6) is 0 Å². The van der Waals surface area contributed by atoms with Gasteiger partial charge in [-0.05, 0) is 31.4 Å². The summed E-state index contributed by atoms with van der Waals surface area (Å²) in [5, 5.41) is 14.7. The molecule has 0 aromatic carbocycles. The summed E-state index contributed by atoms with van der Waals surface area (Å²) in [6.45, 7) is 3.93. The Morgan fingerprint density at radius 1 is 1.45 bits per heavy atom. The molecule has 1 unspecified atom stereocenters. The van der Waals surface area contributed by atoms with E-state index in [1.165, 1.54) is 11.3 Å². The number of aromatic amines is 1. The zero-order chi connectivity index (χ0) is 15.5. The first-order valence-electron chi connectivity index (χ1n) is 6.93. The first-order valence-corrected chi connectivity index (χ1v) is 8.69. The van der Waals surface area contributed by atoms with Crippen molar-refractivity contribution in [2.45, 2.75) is 26.3 Å². The number of rotatable bonds is 5. The number of aryl methyl sites for hydroxylation is 1. The molecule has 3 aromatic rings. The lowest BCUT2D eigenvalue weighted by Crippen LogP contribution is -2.34. The second-order valence-corrected chi connectivity index (χ2v) is 6.94. The lowest BCUT2D eigenvalue weighted by molar-refractivity contribution is 0.0935. The van der Waals surface area contributed by atoms with E-state index in [0.717, 1.165) is 21.3 Å². The second-order valence-electron chi connectivity index (χ2n) is 5.14.